The molecule has 20 heavy (non-hydrogen) atoms. The van der Waals surface area contributed by atoms with Crippen molar-refractivity contribution in [1.82, 2.24) is 0 Å². The molecule has 6 heteroatoms. The van der Waals surface area contributed by atoms with Crippen molar-refractivity contribution in [2.24, 2.45) is 5.92 Å². The van der Waals surface area contributed by atoms with Gasteiger partial charge in [0.2, 0.25) is 0 Å². The summed E-state index contributed by atoms with van der Waals surface area (Å²) in [5.74, 6) is -1.13. The van der Waals surface area contributed by atoms with E-state index in [0.29, 0.717) is 19.5 Å². The van der Waals surface area contributed by atoms with E-state index in [4.69, 9.17) is 0 Å². The van der Waals surface area contributed by atoms with Crippen LogP contribution in [0, 0.1) is 5.92 Å². The Morgan fingerprint density at radius 2 is 2.10 bits per heavy atom. The first-order valence-corrected chi connectivity index (χ1v) is 8.51. The Labute approximate surface area is 119 Å². The van der Waals surface area contributed by atoms with Crippen LogP contribution in [0.4, 0.5) is 5.69 Å². The number of rotatable bonds is 5. The molecule has 110 valence electrons. The third-order valence-corrected chi connectivity index (χ3v) is 5.38. The van der Waals surface area contributed by atoms with Crippen LogP contribution in [0.15, 0.2) is 24.3 Å². The summed E-state index contributed by atoms with van der Waals surface area (Å²) < 4.78 is 23.3. The lowest BCUT2D eigenvalue weighted by atomic mass is 9.92. The van der Waals surface area contributed by atoms with Gasteiger partial charge in [-0.2, -0.15) is 0 Å². The van der Waals surface area contributed by atoms with Gasteiger partial charge in [0.1, 0.15) is 0 Å². The number of hydrogen-bond acceptors (Lipinski definition) is 4. The summed E-state index contributed by atoms with van der Waals surface area (Å²) in [4.78, 5) is 13.1. The highest BCUT2D eigenvalue weighted by molar-refractivity contribution is 7.91. The third-order valence-electron chi connectivity index (χ3n) is 3.70. The van der Waals surface area contributed by atoms with E-state index in [1.807, 2.05) is 29.2 Å². The molecule has 1 aliphatic heterocycles. The second-order valence-electron chi connectivity index (χ2n) is 5.05. The van der Waals surface area contributed by atoms with Crippen LogP contribution in [0.1, 0.15) is 12.5 Å². The van der Waals surface area contributed by atoms with Crippen LogP contribution < -0.4 is 4.90 Å². The summed E-state index contributed by atoms with van der Waals surface area (Å²) in [6, 6.07) is 7.60. The Bertz CT molecular complexity index is 597. The zero-order valence-electron chi connectivity index (χ0n) is 11.4. The number of fused-ring (bicyclic) bond motifs is 1. The number of aliphatic carboxylic acids is 1. The van der Waals surface area contributed by atoms with Crippen LogP contribution >= 0.6 is 0 Å². The van der Waals surface area contributed by atoms with Crippen molar-refractivity contribution in [2.45, 2.75) is 13.3 Å². The largest absolute Gasteiger partial charge is 0.481 e. The summed E-state index contributed by atoms with van der Waals surface area (Å²) >= 11 is 0. The number of carboxylic acids is 1. The highest BCUT2D eigenvalue weighted by atomic mass is 32.2. The Morgan fingerprint density at radius 3 is 2.75 bits per heavy atom. The second-order valence-corrected chi connectivity index (χ2v) is 7.52. The average Bonchev–Trinajstić information content (AvgIpc) is 2.44. The second kappa shape index (κ2) is 5.83. The molecule has 1 aromatic rings. The maximum absolute atomic E-state index is 11.6. The lowest BCUT2D eigenvalue weighted by Crippen LogP contribution is -2.41. The fourth-order valence-electron chi connectivity index (χ4n) is 2.46. The van der Waals surface area contributed by atoms with Gasteiger partial charge in [0.05, 0.1) is 11.7 Å². The molecule has 0 saturated heterocycles. The van der Waals surface area contributed by atoms with Gasteiger partial charge in [0, 0.05) is 24.5 Å². The first-order chi connectivity index (χ1) is 9.43. The lowest BCUT2D eigenvalue weighted by molar-refractivity contribution is -0.141. The van der Waals surface area contributed by atoms with Crippen molar-refractivity contribution in [1.29, 1.82) is 0 Å². The zero-order chi connectivity index (χ0) is 14.8. The number of hydrogen-bond donors (Lipinski definition) is 1. The minimum absolute atomic E-state index is 0.0597. The molecule has 0 aliphatic carbocycles. The van der Waals surface area contributed by atoms with Gasteiger partial charge >= 0.3 is 5.97 Å². The quantitative estimate of drug-likeness (QED) is 0.883. The maximum Gasteiger partial charge on any atom is 0.308 e. The molecule has 0 fully saturated rings. The standard InChI is InChI=1S/C14H19NO4S/c1-2-20(18,19)8-7-15-10-12(14(16)17)9-11-5-3-4-6-13(11)15/h3-6,12H,2,7-10H2,1H3,(H,16,17). The predicted molar refractivity (Wildman–Crippen MR) is 77.8 cm³/mol. The summed E-state index contributed by atoms with van der Waals surface area (Å²) in [6.45, 7) is 2.34. The van der Waals surface area contributed by atoms with Crippen LogP contribution in [0.25, 0.3) is 0 Å². The number of benzene rings is 1. The van der Waals surface area contributed by atoms with Crippen molar-refractivity contribution in [2.75, 3.05) is 29.5 Å². The minimum Gasteiger partial charge on any atom is -0.481 e. The molecule has 1 heterocycles. The van der Waals surface area contributed by atoms with E-state index >= 15 is 0 Å². The number of anilines is 1. The number of sulfone groups is 1. The first kappa shape index (κ1) is 14.8. The van der Waals surface area contributed by atoms with Gasteiger partial charge in [-0.05, 0) is 18.1 Å². The van der Waals surface area contributed by atoms with Crippen molar-refractivity contribution in [3.8, 4) is 0 Å². The Morgan fingerprint density at radius 1 is 1.40 bits per heavy atom. The van der Waals surface area contributed by atoms with Crippen molar-refractivity contribution >= 4 is 21.5 Å². The SMILES string of the molecule is CCS(=O)(=O)CCN1CC(C(=O)O)Cc2ccccc21. The van der Waals surface area contributed by atoms with Gasteiger partial charge in [-0.3, -0.25) is 4.79 Å². The Hall–Kier alpha value is -1.56. The molecule has 0 aromatic heterocycles. The third kappa shape index (κ3) is 3.30. The van der Waals surface area contributed by atoms with Crippen LogP contribution in [0.3, 0.4) is 0 Å². The molecular weight excluding hydrogens is 278 g/mol. The molecule has 0 saturated carbocycles. The number of carbonyl (C=O) groups is 1. The van der Waals surface area contributed by atoms with Crippen molar-refractivity contribution in [3.05, 3.63) is 29.8 Å². The van der Waals surface area contributed by atoms with E-state index in [-0.39, 0.29) is 11.5 Å². The summed E-state index contributed by atoms with van der Waals surface area (Å²) in [5.41, 5.74) is 1.93. The molecule has 1 aliphatic rings. The predicted octanol–water partition coefficient (Wildman–Crippen LogP) is 1.18. The molecule has 0 spiro atoms. The number of nitrogens with zero attached hydrogens (tertiary/aromatic N) is 1. The molecule has 1 N–H and O–H groups in total. The first-order valence-electron chi connectivity index (χ1n) is 6.69. The topological polar surface area (TPSA) is 74.7 Å². The van der Waals surface area contributed by atoms with Crippen LogP contribution in [0.5, 0.6) is 0 Å². The number of carboxylic acid groups (broad SMARTS) is 1. The van der Waals surface area contributed by atoms with E-state index < -0.39 is 21.7 Å². The minimum atomic E-state index is -3.05. The molecule has 0 amide bonds. The summed E-state index contributed by atoms with van der Waals surface area (Å²) in [5, 5.41) is 9.21. The smallest absolute Gasteiger partial charge is 0.308 e. The van der Waals surface area contributed by atoms with Gasteiger partial charge in [0.25, 0.3) is 0 Å². The highest BCUT2D eigenvalue weighted by Crippen LogP contribution is 2.29. The van der Waals surface area contributed by atoms with E-state index in [1.54, 1.807) is 6.92 Å². The van der Waals surface area contributed by atoms with Gasteiger partial charge in [-0.25, -0.2) is 8.42 Å². The molecular formula is C14H19NO4S. The molecule has 1 aromatic carbocycles. The Kier molecular flexibility index (Phi) is 4.32. The maximum atomic E-state index is 11.6. The Balaban J connectivity index is 2.21. The fraction of sp³-hybridized carbons (Fsp3) is 0.500. The van der Waals surface area contributed by atoms with Gasteiger partial charge in [0.15, 0.2) is 9.84 Å². The summed E-state index contributed by atoms with van der Waals surface area (Å²) in [7, 11) is -3.05. The molecule has 0 bridgehead atoms. The fourth-order valence-corrected chi connectivity index (χ4v) is 3.24. The van der Waals surface area contributed by atoms with Gasteiger partial charge < -0.3 is 10.0 Å². The van der Waals surface area contributed by atoms with E-state index in [0.717, 1.165) is 11.3 Å². The molecule has 5 nitrogen and oxygen atoms in total. The highest BCUT2D eigenvalue weighted by Gasteiger charge is 2.29. The van der Waals surface area contributed by atoms with E-state index in [1.165, 1.54) is 0 Å². The van der Waals surface area contributed by atoms with E-state index in [9.17, 15) is 18.3 Å². The monoisotopic (exact) mass is 297 g/mol. The molecule has 2 rings (SSSR count). The van der Waals surface area contributed by atoms with Gasteiger partial charge in [-0.15, -0.1) is 0 Å². The van der Waals surface area contributed by atoms with Crippen molar-refractivity contribution < 1.29 is 18.3 Å². The van der Waals surface area contributed by atoms with Crippen LogP contribution in [0.2, 0.25) is 0 Å². The lowest BCUT2D eigenvalue weighted by Gasteiger charge is -2.34. The zero-order valence-corrected chi connectivity index (χ0v) is 12.3. The van der Waals surface area contributed by atoms with Crippen LogP contribution in [-0.2, 0) is 21.1 Å². The average molecular weight is 297 g/mol. The van der Waals surface area contributed by atoms with Crippen molar-refractivity contribution in [3.63, 3.8) is 0 Å². The van der Waals surface area contributed by atoms with Gasteiger partial charge in [-0.1, -0.05) is 25.1 Å². The molecule has 0 radical (unpaired) electrons. The summed E-state index contributed by atoms with van der Waals surface area (Å²) in [6.07, 6.45) is 0.503. The van der Waals surface area contributed by atoms with Crippen LogP contribution in [-0.4, -0.2) is 44.1 Å². The van der Waals surface area contributed by atoms with E-state index in [2.05, 4.69) is 0 Å². The molecule has 1 unspecified atom stereocenters. The normalized spacial score (nSPS) is 18.6. The number of para-hydroxylation sites is 1. The molecule has 1 atom stereocenters.